The molecular weight excluding hydrogens is 284 g/mol. The molecule has 1 unspecified atom stereocenters. The molecule has 112 valence electrons. The molecule has 0 saturated heterocycles. The Labute approximate surface area is 131 Å². The van der Waals surface area contributed by atoms with Gasteiger partial charge in [-0.25, -0.2) is 0 Å². The second-order valence-corrected chi connectivity index (χ2v) is 5.70. The number of methoxy groups -OCH3 is 1. The fraction of sp³-hybridized carbons (Fsp3) is 0.353. The van der Waals surface area contributed by atoms with Crippen LogP contribution in [0, 0.1) is 20.8 Å². The van der Waals surface area contributed by atoms with Crippen molar-refractivity contribution < 1.29 is 4.74 Å². The predicted octanol–water partition coefficient (Wildman–Crippen LogP) is 4.84. The lowest BCUT2D eigenvalue weighted by Crippen LogP contribution is -2.12. The molecule has 3 nitrogen and oxygen atoms in total. The average molecular weight is 305 g/mol. The molecule has 0 aliphatic rings. The molecular formula is C17H21ClN2O. The lowest BCUT2D eigenvalue weighted by Gasteiger charge is -2.21. The maximum atomic E-state index is 6.26. The van der Waals surface area contributed by atoms with E-state index in [1.54, 1.807) is 7.11 Å². The van der Waals surface area contributed by atoms with Crippen LogP contribution in [-0.4, -0.2) is 12.1 Å². The second kappa shape index (κ2) is 6.35. The van der Waals surface area contributed by atoms with E-state index in [0.29, 0.717) is 5.02 Å². The highest BCUT2D eigenvalue weighted by Gasteiger charge is 2.14. The number of hydrogen-bond acceptors (Lipinski definition) is 3. The first-order chi connectivity index (χ1) is 9.92. The number of aryl methyl sites for hydroxylation is 3. The quantitative estimate of drug-likeness (QED) is 0.877. The Morgan fingerprint density at radius 2 is 1.90 bits per heavy atom. The van der Waals surface area contributed by atoms with Crippen molar-refractivity contribution in [1.82, 2.24) is 4.98 Å². The van der Waals surface area contributed by atoms with Crippen LogP contribution in [0.5, 0.6) is 5.75 Å². The highest BCUT2D eigenvalue weighted by atomic mass is 35.5. The summed E-state index contributed by atoms with van der Waals surface area (Å²) in [5.41, 5.74) is 5.40. The summed E-state index contributed by atoms with van der Waals surface area (Å²) in [6, 6.07) is 7.81. The normalized spacial score (nSPS) is 12.1. The van der Waals surface area contributed by atoms with E-state index in [0.717, 1.165) is 22.8 Å². The van der Waals surface area contributed by atoms with Gasteiger partial charge in [0.05, 0.1) is 23.9 Å². The van der Waals surface area contributed by atoms with Gasteiger partial charge in [-0.1, -0.05) is 11.6 Å². The van der Waals surface area contributed by atoms with Gasteiger partial charge in [0.2, 0.25) is 0 Å². The summed E-state index contributed by atoms with van der Waals surface area (Å²) < 4.78 is 5.25. The number of hydrogen-bond donors (Lipinski definition) is 1. The zero-order chi connectivity index (χ0) is 15.6. The van der Waals surface area contributed by atoms with Crippen molar-refractivity contribution in [3.05, 3.63) is 51.8 Å². The lowest BCUT2D eigenvalue weighted by atomic mass is 10.00. The van der Waals surface area contributed by atoms with E-state index in [-0.39, 0.29) is 6.04 Å². The number of rotatable bonds is 4. The third-order valence-electron chi connectivity index (χ3n) is 3.56. The first-order valence-electron chi connectivity index (χ1n) is 6.97. The molecule has 21 heavy (non-hydrogen) atoms. The Morgan fingerprint density at radius 3 is 2.52 bits per heavy atom. The van der Waals surface area contributed by atoms with Crippen LogP contribution in [0.1, 0.15) is 35.5 Å². The van der Waals surface area contributed by atoms with Crippen molar-refractivity contribution in [2.45, 2.75) is 33.7 Å². The molecule has 0 aliphatic heterocycles. The van der Waals surface area contributed by atoms with E-state index in [4.69, 9.17) is 16.3 Å². The van der Waals surface area contributed by atoms with Crippen molar-refractivity contribution in [1.29, 1.82) is 0 Å². The van der Waals surface area contributed by atoms with Gasteiger partial charge in [-0.15, -0.1) is 0 Å². The molecule has 4 heteroatoms. The molecule has 1 aromatic heterocycles. The number of benzene rings is 1. The minimum atomic E-state index is 0.114. The van der Waals surface area contributed by atoms with Gasteiger partial charge in [-0.2, -0.15) is 0 Å². The second-order valence-electron chi connectivity index (χ2n) is 5.29. The molecule has 0 radical (unpaired) electrons. The van der Waals surface area contributed by atoms with E-state index in [1.165, 1.54) is 11.1 Å². The largest absolute Gasteiger partial charge is 0.497 e. The summed E-state index contributed by atoms with van der Waals surface area (Å²) >= 11 is 6.26. The molecule has 0 saturated carbocycles. The highest BCUT2D eigenvalue weighted by molar-refractivity contribution is 6.33. The molecule has 1 N–H and O–H groups in total. The first kappa shape index (κ1) is 15.6. The van der Waals surface area contributed by atoms with Gasteiger partial charge < -0.3 is 10.1 Å². The molecule has 1 aromatic carbocycles. The highest BCUT2D eigenvalue weighted by Crippen LogP contribution is 2.31. The minimum Gasteiger partial charge on any atom is -0.497 e. The molecule has 0 aliphatic carbocycles. The van der Waals surface area contributed by atoms with E-state index in [9.17, 15) is 0 Å². The minimum absolute atomic E-state index is 0.114. The van der Waals surface area contributed by atoms with Crippen molar-refractivity contribution >= 4 is 17.3 Å². The number of anilines is 1. The monoisotopic (exact) mass is 304 g/mol. The van der Waals surface area contributed by atoms with Gasteiger partial charge in [0.25, 0.3) is 0 Å². The van der Waals surface area contributed by atoms with Gasteiger partial charge in [0.15, 0.2) is 0 Å². The molecule has 0 spiro atoms. The van der Waals surface area contributed by atoms with Crippen LogP contribution < -0.4 is 10.1 Å². The van der Waals surface area contributed by atoms with E-state index < -0.39 is 0 Å². The lowest BCUT2D eigenvalue weighted by molar-refractivity contribution is 0.415. The zero-order valence-corrected chi connectivity index (χ0v) is 13.9. The Bertz CT molecular complexity index is 632. The van der Waals surface area contributed by atoms with Crippen LogP contribution in [0.3, 0.4) is 0 Å². The van der Waals surface area contributed by atoms with Crippen LogP contribution in [0.25, 0.3) is 0 Å². The van der Waals surface area contributed by atoms with Crippen molar-refractivity contribution in [2.75, 3.05) is 12.4 Å². The molecule has 0 amide bonds. The van der Waals surface area contributed by atoms with Crippen LogP contribution in [0.15, 0.2) is 24.3 Å². The van der Waals surface area contributed by atoms with Crippen LogP contribution >= 0.6 is 11.6 Å². The number of ether oxygens (including phenoxy) is 1. The molecule has 2 rings (SSSR count). The van der Waals surface area contributed by atoms with Crippen LogP contribution in [0.2, 0.25) is 5.02 Å². The van der Waals surface area contributed by atoms with Crippen molar-refractivity contribution in [3.8, 4) is 5.75 Å². The van der Waals surface area contributed by atoms with Crippen molar-refractivity contribution in [3.63, 3.8) is 0 Å². The Kier molecular flexibility index (Phi) is 4.73. The molecule has 0 fully saturated rings. The fourth-order valence-corrected chi connectivity index (χ4v) is 2.91. The van der Waals surface area contributed by atoms with Gasteiger partial charge in [0, 0.05) is 17.5 Å². The van der Waals surface area contributed by atoms with E-state index in [1.807, 2.05) is 32.0 Å². The third kappa shape index (κ3) is 3.48. The first-order valence-corrected chi connectivity index (χ1v) is 7.35. The van der Waals surface area contributed by atoms with E-state index in [2.05, 4.69) is 30.2 Å². The Balaban J connectivity index is 2.32. The summed E-state index contributed by atoms with van der Waals surface area (Å²) in [6.07, 6.45) is 0. The smallest absolute Gasteiger partial charge is 0.121 e. The number of halogens is 1. The average Bonchev–Trinajstić information content (AvgIpc) is 2.40. The SMILES string of the molecule is COc1ccc(Cl)c(NC(C)c2c(C)cc(C)nc2C)c1. The number of pyridine rings is 1. The number of nitrogens with one attached hydrogen (secondary N) is 1. The number of aromatic nitrogens is 1. The topological polar surface area (TPSA) is 34.1 Å². The predicted molar refractivity (Wildman–Crippen MR) is 88.5 cm³/mol. The van der Waals surface area contributed by atoms with Crippen molar-refractivity contribution in [2.24, 2.45) is 0 Å². The summed E-state index contributed by atoms with van der Waals surface area (Å²) in [4.78, 5) is 4.56. The molecule has 1 heterocycles. The molecule has 0 bridgehead atoms. The van der Waals surface area contributed by atoms with Gasteiger partial charge in [-0.05, 0) is 57.0 Å². The fourth-order valence-electron chi connectivity index (χ4n) is 2.74. The van der Waals surface area contributed by atoms with Crippen LogP contribution in [-0.2, 0) is 0 Å². The summed E-state index contributed by atoms with van der Waals surface area (Å²) in [5.74, 6) is 0.782. The van der Waals surface area contributed by atoms with E-state index >= 15 is 0 Å². The Hall–Kier alpha value is -1.74. The number of nitrogens with zero attached hydrogens (tertiary/aromatic N) is 1. The Morgan fingerprint density at radius 1 is 1.19 bits per heavy atom. The maximum Gasteiger partial charge on any atom is 0.121 e. The van der Waals surface area contributed by atoms with Crippen LogP contribution in [0.4, 0.5) is 5.69 Å². The van der Waals surface area contributed by atoms with Gasteiger partial charge >= 0.3 is 0 Å². The maximum absolute atomic E-state index is 6.26. The summed E-state index contributed by atoms with van der Waals surface area (Å²) in [5, 5.41) is 4.13. The third-order valence-corrected chi connectivity index (χ3v) is 3.89. The zero-order valence-electron chi connectivity index (χ0n) is 13.1. The summed E-state index contributed by atoms with van der Waals surface area (Å²) in [7, 11) is 1.65. The van der Waals surface area contributed by atoms with Gasteiger partial charge in [0.1, 0.15) is 5.75 Å². The van der Waals surface area contributed by atoms with Gasteiger partial charge in [-0.3, -0.25) is 4.98 Å². The molecule has 2 aromatic rings. The molecule has 1 atom stereocenters. The standard InChI is InChI=1S/C17H21ClN2O/c1-10-8-11(2)19-12(3)17(10)13(4)20-16-9-14(21-5)6-7-15(16)18/h6-9,13,20H,1-5H3. The summed E-state index contributed by atoms with van der Waals surface area (Å²) in [6.45, 7) is 8.28.